The second-order valence-electron chi connectivity index (χ2n) is 7.79. The van der Waals surface area contributed by atoms with E-state index < -0.39 is 27.6 Å². The van der Waals surface area contributed by atoms with Crippen LogP contribution in [-0.4, -0.2) is 62.4 Å². The fraction of sp³-hybridized carbons (Fsp3) is 0.556. The summed E-state index contributed by atoms with van der Waals surface area (Å²) in [4.78, 5) is 25.4. The number of amides is 3. The number of carbonyl (C=O) groups is 2. The third-order valence-corrected chi connectivity index (χ3v) is 6.39. The van der Waals surface area contributed by atoms with E-state index in [-0.39, 0.29) is 10.8 Å². The molecule has 1 aliphatic rings. The number of sulfonamides is 1. The molecule has 0 aromatic heterocycles. The van der Waals surface area contributed by atoms with Gasteiger partial charge in [0, 0.05) is 5.54 Å². The van der Waals surface area contributed by atoms with Gasteiger partial charge in [-0.1, -0.05) is 18.2 Å². The highest BCUT2D eigenvalue weighted by atomic mass is 32.2. The summed E-state index contributed by atoms with van der Waals surface area (Å²) >= 11 is 0. The van der Waals surface area contributed by atoms with Crippen molar-refractivity contribution in [3.05, 3.63) is 30.3 Å². The van der Waals surface area contributed by atoms with Crippen molar-refractivity contribution < 1.29 is 22.9 Å². The molecule has 0 aliphatic carbocycles. The van der Waals surface area contributed by atoms with Crippen LogP contribution in [0.1, 0.15) is 27.7 Å². The molecule has 1 aromatic carbocycles. The second kappa shape index (κ2) is 8.37. The molecule has 1 aliphatic heterocycles. The van der Waals surface area contributed by atoms with Gasteiger partial charge in [0.2, 0.25) is 10.0 Å². The van der Waals surface area contributed by atoms with Gasteiger partial charge in [0.15, 0.2) is 6.04 Å². The predicted octanol–water partition coefficient (Wildman–Crippen LogP) is -0.411. The Kier molecular flexibility index (Phi) is 6.61. The summed E-state index contributed by atoms with van der Waals surface area (Å²) in [6, 6.07) is 7.36. The van der Waals surface area contributed by atoms with Crippen LogP contribution in [-0.2, 0) is 14.8 Å². The molecule has 1 atom stereocenters. The highest BCUT2D eigenvalue weighted by molar-refractivity contribution is 7.89. The molecule has 1 aromatic rings. The number of imide groups is 1. The Morgan fingerprint density at radius 3 is 2.19 bits per heavy atom. The number of urea groups is 1. The lowest BCUT2D eigenvalue weighted by Crippen LogP contribution is -3.19. The van der Waals surface area contributed by atoms with E-state index in [4.69, 9.17) is 0 Å². The standard InChI is InChI=1S/C18H28N4O4S/c1-14(16(23)19-17(24)20-18(2,3)4)21-10-12-22(13-11-21)27(25,26)15-8-6-5-7-9-15/h5-9,14H,10-13H2,1-4H3,(H2,19,20,23,24)/p+1/t14-/m1/s1. The van der Waals surface area contributed by atoms with E-state index in [0.29, 0.717) is 26.2 Å². The van der Waals surface area contributed by atoms with Crippen LogP contribution >= 0.6 is 0 Å². The van der Waals surface area contributed by atoms with Gasteiger partial charge in [0.1, 0.15) is 0 Å². The number of hydrogen-bond donors (Lipinski definition) is 3. The number of nitrogens with one attached hydrogen (secondary N) is 3. The number of rotatable bonds is 4. The quantitative estimate of drug-likeness (QED) is 0.643. The minimum Gasteiger partial charge on any atom is -0.333 e. The summed E-state index contributed by atoms with van der Waals surface area (Å²) in [5, 5.41) is 5.04. The van der Waals surface area contributed by atoms with E-state index >= 15 is 0 Å². The van der Waals surface area contributed by atoms with Crippen molar-refractivity contribution in [2.45, 2.75) is 44.2 Å². The maximum atomic E-state index is 12.7. The van der Waals surface area contributed by atoms with E-state index in [1.54, 1.807) is 37.3 Å². The molecule has 0 unspecified atom stereocenters. The minimum atomic E-state index is -3.52. The highest BCUT2D eigenvalue weighted by Gasteiger charge is 2.34. The average molecular weight is 398 g/mol. The van der Waals surface area contributed by atoms with E-state index in [1.807, 2.05) is 20.8 Å². The summed E-state index contributed by atoms with van der Waals surface area (Å²) in [5.41, 5.74) is -0.433. The second-order valence-corrected chi connectivity index (χ2v) is 9.73. The van der Waals surface area contributed by atoms with Gasteiger partial charge in [-0.3, -0.25) is 10.1 Å². The van der Waals surface area contributed by atoms with Crippen molar-refractivity contribution in [3.63, 3.8) is 0 Å². The van der Waals surface area contributed by atoms with Crippen molar-refractivity contribution in [2.24, 2.45) is 0 Å². The number of quaternary nitrogens is 1. The molecule has 1 saturated heterocycles. The molecule has 3 amide bonds. The van der Waals surface area contributed by atoms with Gasteiger partial charge in [-0.05, 0) is 39.8 Å². The zero-order valence-corrected chi connectivity index (χ0v) is 17.1. The summed E-state index contributed by atoms with van der Waals surface area (Å²) in [6.45, 7) is 8.91. The Morgan fingerprint density at radius 2 is 1.67 bits per heavy atom. The lowest BCUT2D eigenvalue weighted by Gasteiger charge is -2.34. The SMILES string of the molecule is C[C@H](C(=O)NC(=O)NC(C)(C)C)[NH+]1CCN(S(=O)(=O)c2ccccc2)CC1. The zero-order valence-electron chi connectivity index (χ0n) is 16.3. The van der Waals surface area contributed by atoms with Crippen molar-refractivity contribution in [2.75, 3.05) is 26.2 Å². The van der Waals surface area contributed by atoms with E-state index in [9.17, 15) is 18.0 Å². The molecule has 1 fully saturated rings. The monoisotopic (exact) mass is 397 g/mol. The topological polar surface area (TPSA) is 100 Å². The number of nitrogens with zero attached hydrogens (tertiary/aromatic N) is 1. The summed E-state index contributed by atoms with van der Waals surface area (Å²) < 4.78 is 26.8. The normalized spacial score (nSPS) is 17.9. The third kappa shape index (κ3) is 5.75. The Bertz CT molecular complexity index is 766. The summed E-state index contributed by atoms with van der Waals surface area (Å²) in [5.74, 6) is -0.369. The molecule has 0 saturated carbocycles. The van der Waals surface area contributed by atoms with Crippen LogP contribution in [0.5, 0.6) is 0 Å². The van der Waals surface area contributed by atoms with E-state index in [2.05, 4.69) is 10.6 Å². The molecule has 0 bridgehead atoms. The first-order valence-corrected chi connectivity index (χ1v) is 10.5. The van der Waals surface area contributed by atoms with Crippen LogP contribution in [0, 0.1) is 0 Å². The lowest BCUT2D eigenvalue weighted by atomic mass is 10.1. The maximum Gasteiger partial charge on any atom is 0.322 e. The van der Waals surface area contributed by atoms with Crippen molar-refractivity contribution >= 4 is 22.0 Å². The summed E-state index contributed by atoms with van der Waals surface area (Å²) in [7, 11) is -3.52. The Labute approximate surface area is 161 Å². The molecule has 150 valence electrons. The molecular weight excluding hydrogens is 368 g/mol. The average Bonchev–Trinajstić information content (AvgIpc) is 2.60. The first kappa shape index (κ1) is 21.3. The molecular formula is C18H29N4O4S+. The number of carbonyl (C=O) groups excluding carboxylic acids is 2. The van der Waals surface area contributed by atoms with Gasteiger partial charge in [-0.2, -0.15) is 4.31 Å². The maximum absolute atomic E-state index is 12.7. The van der Waals surface area contributed by atoms with Crippen LogP contribution in [0.3, 0.4) is 0 Å². The van der Waals surface area contributed by atoms with Gasteiger partial charge < -0.3 is 10.2 Å². The van der Waals surface area contributed by atoms with Crippen molar-refractivity contribution in [1.29, 1.82) is 0 Å². The Morgan fingerprint density at radius 1 is 1.11 bits per heavy atom. The van der Waals surface area contributed by atoms with Crippen LogP contribution in [0.15, 0.2) is 35.2 Å². The van der Waals surface area contributed by atoms with Crippen LogP contribution in [0.4, 0.5) is 4.79 Å². The van der Waals surface area contributed by atoms with Crippen molar-refractivity contribution in [3.8, 4) is 0 Å². The lowest BCUT2D eigenvalue weighted by molar-refractivity contribution is -0.917. The van der Waals surface area contributed by atoms with Crippen molar-refractivity contribution in [1.82, 2.24) is 14.9 Å². The number of piperazine rings is 1. The molecule has 0 radical (unpaired) electrons. The fourth-order valence-electron chi connectivity index (χ4n) is 2.97. The molecule has 0 spiro atoms. The minimum absolute atomic E-state index is 0.276. The van der Waals surface area contributed by atoms with Gasteiger partial charge in [-0.15, -0.1) is 0 Å². The molecule has 9 heteroatoms. The van der Waals surface area contributed by atoms with Gasteiger partial charge >= 0.3 is 6.03 Å². The van der Waals surface area contributed by atoms with Crippen LogP contribution in [0.2, 0.25) is 0 Å². The summed E-state index contributed by atoms with van der Waals surface area (Å²) in [6.07, 6.45) is 0. The largest absolute Gasteiger partial charge is 0.333 e. The molecule has 27 heavy (non-hydrogen) atoms. The number of benzene rings is 1. The van der Waals surface area contributed by atoms with E-state index in [0.717, 1.165) is 4.90 Å². The van der Waals surface area contributed by atoms with Crippen LogP contribution in [0.25, 0.3) is 0 Å². The smallest absolute Gasteiger partial charge is 0.322 e. The Hall–Kier alpha value is -1.97. The highest BCUT2D eigenvalue weighted by Crippen LogP contribution is 2.14. The molecule has 1 heterocycles. The molecule has 8 nitrogen and oxygen atoms in total. The first-order valence-electron chi connectivity index (χ1n) is 9.03. The van der Waals surface area contributed by atoms with Gasteiger partial charge in [-0.25, -0.2) is 13.2 Å². The predicted molar refractivity (Wildman–Crippen MR) is 102 cm³/mol. The van der Waals surface area contributed by atoms with Gasteiger partial charge in [0.25, 0.3) is 5.91 Å². The Balaban J connectivity index is 1.91. The third-order valence-electron chi connectivity index (χ3n) is 4.48. The molecule has 2 rings (SSSR count). The first-order chi connectivity index (χ1) is 12.5. The fourth-order valence-corrected chi connectivity index (χ4v) is 4.43. The van der Waals surface area contributed by atoms with Crippen LogP contribution < -0.4 is 15.5 Å². The number of hydrogen-bond acceptors (Lipinski definition) is 4. The van der Waals surface area contributed by atoms with E-state index in [1.165, 1.54) is 4.31 Å². The zero-order chi connectivity index (χ0) is 20.2. The molecule has 3 N–H and O–H groups in total. The van der Waals surface area contributed by atoms with Gasteiger partial charge in [0.05, 0.1) is 31.1 Å².